The van der Waals surface area contributed by atoms with E-state index < -0.39 is 0 Å². The number of methoxy groups -OCH3 is 1. The van der Waals surface area contributed by atoms with Crippen LogP contribution in [0.5, 0.6) is 0 Å². The summed E-state index contributed by atoms with van der Waals surface area (Å²) in [5.41, 5.74) is 1.35. The van der Waals surface area contributed by atoms with Gasteiger partial charge in [0.1, 0.15) is 6.10 Å². The molecule has 1 fully saturated rings. The van der Waals surface area contributed by atoms with Gasteiger partial charge in [-0.05, 0) is 25.3 Å². The van der Waals surface area contributed by atoms with E-state index >= 15 is 0 Å². The fourth-order valence-electron chi connectivity index (χ4n) is 2.50. The molecule has 20 heavy (non-hydrogen) atoms. The number of piperidine rings is 1. The molecule has 0 aliphatic carbocycles. The average molecular weight is 276 g/mol. The van der Waals surface area contributed by atoms with Crippen LogP contribution < -0.4 is 5.32 Å². The van der Waals surface area contributed by atoms with Crippen molar-refractivity contribution in [2.75, 3.05) is 20.2 Å². The fourth-order valence-corrected chi connectivity index (χ4v) is 2.50. The van der Waals surface area contributed by atoms with Crippen molar-refractivity contribution in [2.24, 2.45) is 0 Å². The van der Waals surface area contributed by atoms with E-state index in [2.05, 4.69) is 34.5 Å². The summed E-state index contributed by atoms with van der Waals surface area (Å²) in [6.07, 6.45) is 1.65. The van der Waals surface area contributed by atoms with Crippen LogP contribution in [0.15, 0.2) is 30.3 Å². The quantitative estimate of drug-likeness (QED) is 0.891. The summed E-state index contributed by atoms with van der Waals surface area (Å²) in [5.74, 6) is -0.00555. The summed E-state index contributed by atoms with van der Waals surface area (Å²) in [6.45, 7) is 4.83. The number of ether oxygens (including phenoxy) is 1. The minimum absolute atomic E-state index is 0.00555. The van der Waals surface area contributed by atoms with Crippen LogP contribution in [0.4, 0.5) is 0 Å². The Morgan fingerprint density at radius 3 is 2.60 bits per heavy atom. The van der Waals surface area contributed by atoms with Crippen LogP contribution in [-0.2, 0) is 16.1 Å². The van der Waals surface area contributed by atoms with Gasteiger partial charge in [0.05, 0.1) is 0 Å². The van der Waals surface area contributed by atoms with Crippen LogP contribution in [0.25, 0.3) is 0 Å². The Balaban J connectivity index is 1.74. The first-order chi connectivity index (χ1) is 9.69. The molecule has 1 atom stereocenters. The highest BCUT2D eigenvalue weighted by Crippen LogP contribution is 2.14. The second kappa shape index (κ2) is 7.41. The third kappa shape index (κ3) is 4.32. The zero-order chi connectivity index (χ0) is 14.4. The van der Waals surface area contributed by atoms with Gasteiger partial charge in [-0.3, -0.25) is 9.69 Å². The van der Waals surface area contributed by atoms with Crippen molar-refractivity contribution < 1.29 is 9.53 Å². The van der Waals surface area contributed by atoms with Crippen molar-refractivity contribution in [1.82, 2.24) is 10.2 Å². The van der Waals surface area contributed by atoms with Crippen LogP contribution in [0.2, 0.25) is 0 Å². The van der Waals surface area contributed by atoms with E-state index in [1.165, 1.54) is 5.56 Å². The van der Waals surface area contributed by atoms with Crippen molar-refractivity contribution in [3.05, 3.63) is 35.9 Å². The van der Waals surface area contributed by atoms with E-state index in [-0.39, 0.29) is 18.1 Å². The molecule has 1 N–H and O–H groups in total. The second-order valence-corrected chi connectivity index (χ2v) is 5.42. The normalized spacial score (nSPS) is 18.7. The Bertz CT molecular complexity index is 414. The highest BCUT2D eigenvalue weighted by atomic mass is 16.5. The number of nitrogens with one attached hydrogen (secondary N) is 1. The Morgan fingerprint density at radius 1 is 1.35 bits per heavy atom. The van der Waals surface area contributed by atoms with Gasteiger partial charge in [-0.25, -0.2) is 0 Å². The van der Waals surface area contributed by atoms with E-state index in [1.54, 1.807) is 14.0 Å². The first-order valence-electron chi connectivity index (χ1n) is 7.28. The lowest BCUT2D eigenvalue weighted by atomic mass is 10.0. The summed E-state index contributed by atoms with van der Waals surface area (Å²) in [4.78, 5) is 14.2. The highest BCUT2D eigenvalue weighted by Gasteiger charge is 2.22. The van der Waals surface area contributed by atoms with Crippen LogP contribution >= 0.6 is 0 Å². The number of likely N-dealkylation sites (tertiary alicyclic amines) is 1. The lowest BCUT2D eigenvalue weighted by Crippen LogP contribution is -2.47. The minimum Gasteiger partial charge on any atom is -0.372 e. The third-order valence-electron chi connectivity index (χ3n) is 3.91. The van der Waals surface area contributed by atoms with Gasteiger partial charge in [0.2, 0.25) is 5.91 Å². The van der Waals surface area contributed by atoms with Crippen LogP contribution in [-0.4, -0.2) is 43.2 Å². The number of carbonyl (C=O) groups is 1. The fraction of sp³-hybridized carbons (Fsp3) is 0.562. The molecule has 0 aromatic heterocycles. The Kier molecular flexibility index (Phi) is 5.56. The highest BCUT2D eigenvalue weighted by molar-refractivity contribution is 5.80. The van der Waals surface area contributed by atoms with E-state index in [4.69, 9.17) is 4.74 Å². The van der Waals surface area contributed by atoms with E-state index in [0.717, 1.165) is 32.5 Å². The van der Waals surface area contributed by atoms with Gasteiger partial charge in [0, 0.05) is 32.8 Å². The van der Waals surface area contributed by atoms with Crippen LogP contribution in [0.1, 0.15) is 25.3 Å². The maximum absolute atomic E-state index is 11.8. The minimum atomic E-state index is -0.364. The molecule has 2 rings (SSSR count). The first kappa shape index (κ1) is 15.0. The standard InChI is InChI=1S/C16H24N2O2/c1-13(20-2)16(19)17-15-8-10-18(11-9-15)12-14-6-4-3-5-7-14/h3-7,13,15H,8-12H2,1-2H3,(H,17,19). The van der Waals surface area contributed by atoms with Crippen LogP contribution in [0, 0.1) is 0 Å². The first-order valence-corrected chi connectivity index (χ1v) is 7.28. The molecule has 1 unspecified atom stereocenters. The predicted octanol–water partition coefficient (Wildman–Crippen LogP) is 1.80. The number of carbonyl (C=O) groups excluding carboxylic acids is 1. The van der Waals surface area contributed by atoms with Crippen LogP contribution in [0.3, 0.4) is 0 Å². The van der Waals surface area contributed by atoms with Gasteiger partial charge in [-0.15, -0.1) is 0 Å². The van der Waals surface area contributed by atoms with Crippen molar-refractivity contribution in [2.45, 2.75) is 38.5 Å². The van der Waals surface area contributed by atoms with E-state index in [0.29, 0.717) is 0 Å². The summed E-state index contributed by atoms with van der Waals surface area (Å²) < 4.78 is 5.03. The molecule has 1 aromatic rings. The molecule has 1 aliphatic rings. The number of rotatable bonds is 5. The largest absolute Gasteiger partial charge is 0.372 e. The smallest absolute Gasteiger partial charge is 0.249 e. The Morgan fingerprint density at radius 2 is 2.00 bits per heavy atom. The average Bonchev–Trinajstić information content (AvgIpc) is 2.49. The summed E-state index contributed by atoms with van der Waals surface area (Å²) >= 11 is 0. The van der Waals surface area contributed by atoms with Gasteiger partial charge < -0.3 is 10.1 Å². The SMILES string of the molecule is COC(C)C(=O)NC1CCN(Cc2ccccc2)CC1. The Hall–Kier alpha value is -1.39. The lowest BCUT2D eigenvalue weighted by Gasteiger charge is -2.32. The molecule has 1 aromatic carbocycles. The monoisotopic (exact) mass is 276 g/mol. The second-order valence-electron chi connectivity index (χ2n) is 5.42. The Labute approximate surface area is 121 Å². The molecule has 1 amide bonds. The van der Waals surface area contributed by atoms with Gasteiger partial charge in [-0.2, -0.15) is 0 Å². The molecule has 0 bridgehead atoms. The predicted molar refractivity (Wildman–Crippen MR) is 79.4 cm³/mol. The van der Waals surface area contributed by atoms with Crippen molar-refractivity contribution in [3.63, 3.8) is 0 Å². The number of nitrogens with zero attached hydrogens (tertiary/aromatic N) is 1. The molecule has 0 radical (unpaired) electrons. The number of benzene rings is 1. The zero-order valence-corrected chi connectivity index (χ0v) is 12.3. The molecular formula is C16H24N2O2. The molecule has 0 spiro atoms. The van der Waals surface area contributed by atoms with Gasteiger partial charge in [0.15, 0.2) is 0 Å². The van der Waals surface area contributed by atoms with E-state index in [1.807, 2.05) is 6.07 Å². The summed E-state index contributed by atoms with van der Waals surface area (Å²) in [7, 11) is 1.56. The van der Waals surface area contributed by atoms with Crippen molar-refractivity contribution in [1.29, 1.82) is 0 Å². The topological polar surface area (TPSA) is 41.6 Å². The molecule has 110 valence electrons. The molecule has 4 nitrogen and oxygen atoms in total. The lowest BCUT2D eigenvalue weighted by molar-refractivity contribution is -0.131. The molecule has 4 heteroatoms. The number of hydrogen-bond acceptors (Lipinski definition) is 3. The van der Waals surface area contributed by atoms with E-state index in [9.17, 15) is 4.79 Å². The van der Waals surface area contributed by atoms with Crippen molar-refractivity contribution in [3.8, 4) is 0 Å². The summed E-state index contributed by atoms with van der Waals surface area (Å²) in [6, 6.07) is 10.8. The van der Waals surface area contributed by atoms with Gasteiger partial charge >= 0.3 is 0 Å². The van der Waals surface area contributed by atoms with Crippen molar-refractivity contribution >= 4 is 5.91 Å². The molecule has 0 saturated carbocycles. The van der Waals surface area contributed by atoms with Gasteiger partial charge in [-0.1, -0.05) is 30.3 Å². The molecule has 1 heterocycles. The van der Waals surface area contributed by atoms with Gasteiger partial charge in [0.25, 0.3) is 0 Å². The maximum Gasteiger partial charge on any atom is 0.249 e. The molecule has 1 aliphatic heterocycles. The number of amides is 1. The summed E-state index contributed by atoms with van der Waals surface area (Å²) in [5, 5.41) is 3.06. The number of hydrogen-bond donors (Lipinski definition) is 1. The maximum atomic E-state index is 11.8. The molecule has 1 saturated heterocycles. The zero-order valence-electron chi connectivity index (χ0n) is 12.3. The molecular weight excluding hydrogens is 252 g/mol. The third-order valence-corrected chi connectivity index (χ3v) is 3.91.